The second kappa shape index (κ2) is 5.72. The summed E-state index contributed by atoms with van der Waals surface area (Å²) in [7, 11) is 4.44. The predicted molar refractivity (Wildman–Crippen MR) is 73.7 cm³/mol. The first-order valence-electron chi connectivity index (χ1n) is 7.01. The average molecular weight is 234 g/mol. The number of hydrogen-bond donors (Lipinski definition) is 0. The van der Waals surface area contributed by atoms with Crippen LogP contribution in [-0.2, 0) is 0 Å². The number of hydrogen-bond acceptors (Lipinski definition) is 2. The van der Waals surface area contributed by atoms with Crippen molar-refractivity contribution in [2.45, 2.75) is 39.0 Å². The minimum absolute atomic E-state index is 0.844. The summed E-state index contributed by atoms with van der Waals surface area (Å²) in [6.45, 7) is 4.75. The third kappa shape index (κ3) is 3.12. The molecule has 0 unspecified atom stereocenters. The molecule has 1 saturated heterocycles. The van der Waals surface area contributed by atoms with E-state index in [2.05, 4.69) is 43.1 Å². The maximum absolute atomic E-state index is 2.45. The van der Waals surface area contributed by atoms with E-state index in [4.69, 9.17) is 0 Å². The van der Waals surface area contributed by atoms with Crippen LogP contribution in [0.25, 0.3) is 0 Å². The van der Waals surface area contributed by atoms with Gasteiger partial charge in [-0.25, -0.2) is 0 Å². The lowest BCUT2D eigenvalue weighted by atomic mass is 9.85. The summed E-state index contributed by atoms with van der Waals surface area (Å²) in [5.74, 6) is 0.844. The Kier molecular flexibility index (Phi) is 4.27. The summed E-state index contributed by atoms with van der Waals surface area (Å²) in [4.78, 5) is 4.80. The number of piperidine rings is 1. The van der Waals surface area contributed by atoms with E-state index in [0.717, 1.165) is 12.3 Å². The van der Waals surface area contributed by atoms with Crippen molar-refractivity contribution in [3.8, 4) is 0 Å². The first kappa shape index (κ1) is 12.7. The molecule has 0 aliphatic carbocycles. The Morgan fingerprint density at radius 1 is 1.24 bits per heavy atom. The first-order valence-corrected chi connectivity index (χ1v) is 7.01. The van der Waals surface area contributed by atoms with E-state index in [1.54, 1.807) is 5.57 Å². The molecule has 0 aromatic heterocycles. The molecule has 0 radical (unpaired) electrons. The number of allylic oxidation sites excluding steroid dienone is 3. The van der Waals surface area contributed by atoms with Gasteiger partial charge in [0.15, 0.2) is 0 Å². The summed E-state index contributed by atoms with van der Waals surface area (Å²) in [5.41, 5.74) is 3.19. The summed E-state index contributed by atoms with van der Waals surface area (Å²) >= 11 is 0. The Labute approximate surface area is 106 Å². The van der Waals surface area contributed by atoms with E-state index in [9.17, 15) is 0 Å². The van der Waals surface area contributed by atoms with Crippen molar-refractivity contribution in [3.63, 3.8) is 0 Å². The second-order valence-electron chi connectivity index (χ2n) is 5.50. The summed E-state index contributed by atoms with van der Waals surface area (Å²) in [6.07, 6.45) is 11.1. The third-order valence-electron chi connectivity index (χ3n) is 4.17. The van der Waals surface area contributed by atoms with Crippen LogP contribution >= 0.6 is 0 Å². The van der Waals surface area contributed by atoms with E-state index in [0.29, 0.717) is 0 Å². The minimum Gasteiger partial charge on any atom is -0.355 e. The summed E-state index contributed by atoms with van der Waals surface area (Å²) in [6, 6.07) is 0. The Balaban J connectivity index is 1.99. The zero-order valence-electron chi connectivity index (χ0n) is 11.6. The molecule has 0 spiro atoms. The lowest BCUT2D eigenvalue weighted by Crippen LogP contribution is -2.32. The zero-order valence-corrected chi connectivity index (χ0v) is 11.6. The van der Waals surface area contributed by atoms with Gasteiger partial charge in [0.1, 0.15) is 0 Å². The molecule has 2 rings (SSSR count). The molecular formula is C15H26N2. The monoisotopic (exact) mass is 234 g/mol. The number of nitrogens with zero attached hydrogens (tertiary/aromatic N) is 2. The van der Waals surface area contributed by atoms with Crippen molar-refractivity contribution >= 4 is 0 Å². The van der Waals surface area contributed by atoms with Gasteiger partial charge < -0.3 is 9.80 Å². The third-order valence-corrected chi connectivity index (χ3v) is 4.17. The Morgan fingerprint density at radius 3 is 2.53 bits per heavy atom. The molecule has 2 aliphatic rings. The van der Waals surface area contributed by atoms with Crippen molar-refractivity contribution in [1.82, 2.24) is 9.80 Å². The van der Waals surface area contributed by atoms with Crippen molar-refractivity contribution in [3.05, 3.63) is 23.5 Å². The van der Waals surface area contributed by atoms with E-state index in [-0.39, 0.29) is 0 Å². The fourth-order valence-corrected chi connectivity index (χ4v) is 3.02. The van der Waals surface area contributed by atoms with Crippen molar-refractivity contribution in [2.24, 2.45) is 5.92 Å². The molecule has 2 heterocycles. The normalized spacial score (nSPS) is 26.4. The van der Waals surface area contributed by atoms with Crippen molar-refractivity contribution in [1.29, 1.82) is 0 Å². The molecule has 0 aromatic rings. The maximum Gasteiger partial charge on any atom is 0.0134 e. The molecule has 17 heavy (non-hydrogen) atoms. The number of rotatable bonds is 2. The average Bonchev–Trinajstić information content (AvgIpc) is 2.33. The molecule has 0 saturated carbocycles. The highest BCUT2D eigenvalue weighted by molar-refractivity contribution is 5.19. The maximum atomic E-state index is 2.45. The van der Waals surface area contributed by atoms with Crippen LogP contribution < -0.4 is 0 Å². The largest absolute Gasteiger partial charge is 0.355 e. The highest BCUT2D eigenvalue weighted by Crippen LogP contribution is 2.32. The SMILES string of the molecule is CC/C=C1\CCC(C2CCN(C)CC2)=CN1C. The van der Waals surface area contributed by atoms with E-state index in [1.165, 1.54) is 44.5 Å². The molecule has 0 amide bonds. The summed E-state index contributed by atoms with van der Waals surface area (Å²) in [5, 5.41) is 0. The van der Waals surface area contributed by atoms with Gasteiger partial charge in [0.05, 0.1) is 0 Å². The van der Waals surface area contributed by atoms with Gasteiger partial charge in [0, 0.05) is 18.9 Å². The van der Waals surface area contributed by atoms with Crippen LogP contribution in [-0.4, -0.2) is 37.0 Å². The molecular weight excluding hydrogens is 208 g/mol. The molecule has 0 bridgehead atoms. The first-order chi connectivity index (χ1) is 8.20. The van der Waals surface area contributed by atoms with Gasteiger partial charge in [-0.1, -0.05) is 18.6 Å². The van der Waals surface area contributed by atoms with Gasteiger partial charge in [0.2, 0.25) is 0 Å². The summed E-state index contributed by atoms with van der Waals surface area (Å²) < 4.78 is 0. The van der Waals surface area contributed by atoms with Crippen LogP contribution in [0.4, 0.5) is 0 Å². The van der Waals surface area contributed by atoms with Crippen LogP contribution in [0.3, 0.4) is 0 Å². The molecule has 2 aliphatic heterocycles. The van der Waals surface area contributed by atoms with Gasteiger partial charge >= 0.3 is 0 Å². The minimum atomic E-state index is 0.844. The van der Waals surface area contributed by atoms with Gasteiger partial charge in [-0.05, 0) is 58.2 Å². The van der Waals surface area contributed by atoms with Crippen molar-refractivity contribution < 1.29 is 0 Å². The van der Waals surface area contributed by atoms with E-state index < -0.39 is 0 Å². The molecule has 96 valence electrons. The van der Waals surface area contributed by atoms with E-state index >= 15 is 0 Å². The van der Waals surface area contributed by atoms with Crippen LogP contribution in [0.1, 0.15) is 39.0 Å². The van der Waals surface area contributed by atoms with Crippen LogP contribution in [0.2, 0.25) is 0 Å². The highest BCUT2D eigenvalue weighted by atomic mass is 15.1. The Hall–Kier alpha value is -0.760. The molecule has 1 fully saturated rings. The topological polar surface area (TPSA) is 6.48 Å². The molecule has 2 heteroatoms. The van der Waals surface area contributed by atoms with Crippen LogP contribution in [0.15, 0.2) is 23.5 Å². The lowest BCUT2D eigenvalue weighted by Gasteiger charge is -2.34. The van der Waals surface area contributed by atoms with Gasteiger partial charge in [-0.15, -0.1) is 0 Å². The van der Waals surface area contributed by atoms with Gasteiger partial charge in [-0.2, -0.15) is 0 Å². The molecule has 0 atom stereocenters. The van der Waals surface area contributed by atoms with Crippen LogP contribution in [0, 0.1) is 5.92 Å². The Bertz CT molecular complexity index is 309. The number of likely N-dealkylation sites (tertiary alicyclic amines) is 1. The second-order valence-corrected chi connectivity index (χ2v) is 5.50. The Morgan fingerprint density at radius 2 is 1.94 bits per heavy atom. The quantitative estimate of drug-likeness (QED) is 0.724. The molecule has 0 N–H and O–H groups in total. The fraction of sp³-hybridized carbons (Fsp3) is 0.733. The smallest absolute Gasteiger partial charge is 0.0134 e. The van der Waals surface area contributed by atoms with Crippen molar-refractivity contribution in [2.75, 3.05) is 27.2 Å². The molecule has 2 nitrogen and oxygen atoms in total. The van der Waals surface area contributed by atoms with E-state index in [1.807, 2.05) is 0 Å². The van der Waals surface area contributed by atoms with Crippen LogP contribution in [0.5, 0.6) is 0 Å². The lowest BCUT2D eigenvalue weighted by molar-refractivity contribution is 0.232. The standard InChI is InChI=1S/C15H26N2/c1-4-5-15-7-6-14(12-17(15)3)13-8-10-16(2)11-9-13/h5,12-13H,4,6-11H2,1-3H3/b15-5+. The predicted octanol–water partition coefficient (Wildman–Crippen LogP) is 3.23. The highest BCUT2D eigenvalue weighted by Gasteiger charge is 2.23. The van der Waals surface area contributed by atoms with Gasteiger partial charge in [0.25, 0.3) is 0 Å². The zero-order chi connectivity index (χ0) is 12.3. The molecule has 0 aromatic carbocycles. The fourth-order valence-electron chi connectivity index (χ4n) is 3.02. The van der Waals surface area contributed by atoms with Gasteiger partial charge in [-0.3, -0.25) is 0 Å².